The second-order valence-electron chi connectivity index (χ2n) is 3.89. The molecule has 0 aliphatic rings. The van der Waals surface area contributed by atoms with E-state index in [-0.39, 0.29) is 17.0 Å². The number of hydrogen-bond acceptors (Lipinski definition) is 5. The van der Waals surface area contributed by atoms with Crippen LogP contribution in [0.2, 0.25) is 0 Å². The van der Waals surface area contributed by atoms with Crippen molar-refractivity contribution in [3.05, 3.63) is 22.6 Å². The Hall–Kier alpha value is -1.72. The Kier molecular flexibility index (Phi) is 2.64. The summed E-state index contributed by atoms with van der Waals surface area (Å²) in [5.41, 5.74) is -0.374. The summed E-state index contributed by atoms with van der Waals surface area (Å²) in [6, 6.07) is 0. The van der Waals surface area contributed by atoms with Crippen LogP contribution in [0.5, 0.6) is 0 Å². The van der Waals surface area contributed by atoms with Gasteiger partial charge in [0.25, 0.3) is 0 Å². The van der Waals surface area contributed by atoms with E-state index in [1.165, 1.54) is 12.5 Å². The lowest BCUT2D eigenvalue weighted by Crippen LogP contribution is -2.27. The van der Waals surface area contributed by atoms with E-state index < -0.39 is 4.92 Å². The highest BCUT2D eigenvalue weighted by Crippen LogP contribution is 2.22. The Morgan fingerprint density at radius 2 is 2.14 bits per heavy atom. The molecule has 0 saturated carbocycles. The van der Waals surface area contributed by atoms with Crippen molar-refractivity contribution < 1.29 is 4.92 Å². The first-order valence-corrected chi connectivity index (χ1v) is 4.13. The number of anilines is 1. The molecule has 76 valence electrons. The SMILES string of the molecule is CC(C)(C)Nc1ncncc1[N+](=O)[O-]. The van der Waals surface area contributed by atoms with E-state index in [4.69, 9.17) is 0 Å². The normalized spacial score (nSPS) is 11.1. The third-order valence-electron chi connectivity index (χ3n) is 1.38. The minimum absolute atomic E-state index is 0.109. The molecule has 0 amide bonds. The monoisotopic (exact) mass is 196 g/mol. The van der Waals surface area contributed by atoms with Gasteiger partial charge in [-0.15, -0.1) is 0 Å². The fraction of sp³-hybridized carbons (Fsp3) is 0.500. The Bertz CT molecular complexity index is 345. The fourth-order valence-corrected chi connectivity index (χ4v) is 0.907. The molecule has 0 aliphatic carbocycles. The lowest BCUT2D eigenvalue weighted by atomic mass is 10.1. The van der Waals surface area contributed by atoms with Gasteiger partial charge < -0.3 is 5.32 Å². The largest absolute Gasteiger partial charge is 0.360 e. The van der Waals surface area contributed by atoms with E-state index in [9.17, 15) is 10.1 Å². The quantitative estimate of drug-likeness (QED) is 0.573. The molecule has 0 aliphatic heterocycles. The van der Waals surface area contributed by atoms with E-state index in [1.54, 1.807) is 0 Å². The molecule has 6 nitrogen and oxygen atoms in total. The van der Waals surface area contributed by atoms with Crippen molar-refractivity contribution in [2.75, 3.05) is 5.32 Å². The van der Waals surface area contributed by atoms with Crippen molar-refractivity contribution >= 4 is 11.5 Å². The lowest BCUT2D eigenvalue weighted by Gasteiger charge is -2.20. The van der Waals surface area contributed by atoms with Crippen molar-refractivity contribution in [3.8, 4) is 0 Å². The molecule has 0 unspecified atom stereocenters. The maximum absolute atomic E-state index is 10.6. The molecule has 1 rings (SSSR count). The number of rotatable bonds is 2. The van der Waals surface area contributed by atoms with Gasteiger partial charge in [-0.2, -0.15) is 0 Å². The van der Waals surface area contributed by atoms with Crippen LogP contribution < -0.4 is 5.32 Å². The van der Waals surface area contributed by atoms with Gasteiger partial charge in [0.1, 0.15) is 12.5 Å². The van der Waals surface area contributed by atoms with Gasteiger partial charge in [-0.1, -0.05) is 0 Å². The molecule has 0 saturated heterocycles. The van der Waals surface area contributed by atoms with Crippen LogP contribution in [0.4, 0.5) is 11.5 Å². The first-order valence-electron chi connectivity index (χ1n) is 4.13. The van der Waals surface area contributed by atoms with Crippen molar-refractivity contribution in [3.63, 3.8) is 0 Å². The maximum Gasteiger partial charge on any atom is 0.329 e. The zero-order chi connectivity index (χ0) is 10.8. The summed E-state index contributed by atoms with van der Waals surface area (Å²) in [6.07, 6.45) is 2.46. The van der Waals surface area contributed by atoms with Crippen molar-refractivity contribution in [1.29, 1.82) is 0 Å². The Morgan fingerprint density at radius 1 is 1.50 bits per heavy atom. The summed E-state index contributed by atoms with van der Waals surface area (Å²) >= 11 is 0. The molecule has 1 N–H and O–H groups in total. The van der Waals surface area contributed by atoms with Crippen LogP contribution in [0.15, 0.2) is 12.5 Å². The van der Waals surface area contributed by atoms with Gasteiger partial charge in [0.2, 0.25) is 5.82 Å². The standard InChI is InChI=1S/C8H12N4O2/c1-8(2,3)11-7-6(12(13)14)4-9-5-10-7/h4-5H,1-3H3,(H,9,10,11). The van der Waals surface area contributed by atoms with Crippen LogP contribution in [0.25, 0.3) is 0 Å². The first kappa shape index (κ1) is 10.4. The van der Waals surface area contributed by atoms with Gasteiger partial charge in [-0.05, 0) is 20.8 Å². The highest BCUT2D eigenvalue weighted by molar-refractivity contribution is 5.54. The maximum atomic E-state index is 10.6. The summed E-state index contributed by atoms with van der Waals surface area (Å²) in [7, 11) is 0. The third-order valence-corrected chi connectivity index (χ3v) is 1.38. The predicted molar refractivity (Wildman–Crippen MR) is 52.1 cm³/mol. The van der Waals surface area contributed by atoms with E-state index in [1.807, 2.05) is 20.8 Å². The van der Waals surface area contributed by atoms with Crippen LogP contribution in [0.1, 0.15) is 20.8 Å². The molecule has 6 heteroatoms. The van der Waals surface area contributed by atoms with E-state index in [0.29, 0.717) is 0 Å². The van der Waals surface area contributed by atoms with Gasteiger partial charge in [0, 0.05) is 5.54 Å². The second kappa shape index (κ2) is 3.57. The highest BCUT2D eigenvalue weighted by Gasteiger charge is 2.19. The topological polar surface area (TPSA) is 81.0 Å². The molecule has 0 radical (unpaired) electrons. The predicted octanol–water partition coefficient (Wildman–Crippen LogP) is 1.60. The Morgan fingerprint density at radius 3 is 2.64 bits per heavy atom. The van der Waals surface area contributed by atoms with Crippen LogP contribution >= 0.6 is 0 Å². The van der Waals surface area contributed by atoms with Gasteiger partial charge in [-0.25, -0.2) is 9.97 Å². The average Bonchev–Trinajstić information content (AvgIpc) is 2.01. The number of nitrogens with zero attached hydrogens (tertiary/aromatic N) is 3. The molecular formula is C8H12N4O2. The molecule has 0 spiro atoms. The van der Waals surface area contributed by atoms with Gasteiger partial charge >= 0.3 is 5.69 Å². The Balaban J connectivity index is 3.02. The van der Waals surface area contributed by atoms with E-state index >= 15 is 0 Å². The molecule has 14 heavy (non-hydrogen) atoms. The van der Waals surface area contributed by atoms with Crippen LogP contribution in [-0.4, -0.2) is 20.4 Å². The average molecular weight is 196 g/mol. The molecule has 0 bridgehead atoms. The zero-order valence-electron chi connectivity index (χ0n) is 8.31. The smallest absolute Gasteiger partial charge is 0.329 e. The molecule has 0 aromatic carbocycles. The summed E-state index contributed by atoms with van der Waals surface area (Å²) < 4.78 is 0. The van der Waals surface area contributed by atoms with Crippen LogP contribution in [0.3, 0.4) is 0 Å². The van der Waals surface area contributed by atoms with Gasteiger partial charge in [0.15, 0.2) is 0 Å². The molecule has 1 heterocycles. The molecule has 0 fully saturated rings. The molecule has 1 aromatic heterocycles. The summed E-state index contributed by atoms with van der Waals surface area (Å²) in [6.45, 7) is 5.70. The van der Waals surface area contributed by atoms with Crippen molar-refractivity contribution in [2.45, 2.75) is 26.3 Å². The van der Waals surface area contributed by atoms with E-state index in [2.05, 4.69) is 15.3 Å². The van der Waals surface area contributed by atoms with Gasteiger partial charge in [-0.3, -0.25) is 10.1 Å². The number of nitro groups is 1. The lowest BCUT2D eigenvalue weighted by molar-refractivity contribution is -0.384. The molecule has 1 aromatic rings. The van der Waals surface area contributed by atoms with Crippen molar-refractivity contribution in [1.82, 2.24) is 9.97 Å². The second-order valence-corrected chi connectivity index (χ2v) is 3.89. The summed E-state index contributed by atoms with van der Waals surface area (Å²) in [5.74, 6) is 0.248. The number of nitrogens with one attached hydrogen (secondary N) is 1. The third kappa shape index (κ3) is 2.65. The summed E-state index contributed by atoms with van der Waals surface area (Å²) in [4.78, 5) is 17.5. The van der Waals surface area contributed by atoms with Crippen LogP contribution in [0, 0.1) is 10.1 Å². The highest BCUT2D eigenvalue weighted by atomic mass is 16.6. The minimum Gasteiger partial charge on any atom is -0.360 e. The van der Waals surface area contributed by atoms with E-state index in [0.717, 1.165) is 0 Å². The zero-order valence-corrected chi connectivity index (χ0v) is 8.31. The minimum atomic E-state index is -0.506. The fourth-order valence-electron chi connectivity index (χ4n) is 0.907. The van der Waals surface area contributed by atoms with Gasteiger partial charge in [0.05, 0.1) is 4.92 Å². The number of hydrogen-bond donors (Lipinski definition) is 1. The number of aromatic nitrogens is 2. The van der Waals surface area contributed by atoms with Crippen molar-refractivity contribution in [2.24, 2.45) is 0 Å². The summed E-state index contributed by atoms with van der Waals surface area (Å²) in [5, 5.41) is 13.5. The molecule has 0 atom stereocenters. The Labute approximate surface area is 81.5 Å². The molecular weight excluding hydrogens is 184 g/mol. The first-order chi connectivity index (χ1) is 6.40. The van der Waals surface area contributed by atoms with Crippen LogP contribution in [-0.2, 0) is 0 Å².